The monoisotopic (exact) mass is 348 g/mol. The second-order valence-electron chi connectivity index (χ2n) is 7.16. The number of fused-ring (bicyclic) bond motifs is 1. The first-order valence-electron chi connectivity index (χ1n) is 9.11. The normalized spacial score (nSPS) is 17.3. The van der Waals surface area contributed by atoms with Crippen LogP contribution < -0.4 is 5.32 Å². The molecule has 2 amide bonds. The van der Waals surface area contributed by atoms with Crippen LogP contribution in [0.4, 0.5) is 4.79 Å². The average molecular weight is 348 g/mol. The molecule has 1 aliphatic heterocycles. The maximum atomic E-state index is 12.4. The van der Waals surface area contributed by atoms with E-state index in [0.29, 0.717) is 31.4 Å². The number of aromatic nitrogens is 2. The smallest absolute Gasteiger partial charge is 0.317 e. The van der Waals surface area contributed by atoms with Crippen LogP contribution in [0.1, 0.15) is 42.0 Å². The Morgan fingerprint density at radius 1 is 1.12 bits per heavy atom. The summed E-state index contributed by atoms with van der Waals surface area (Å²) in [4.78, 5) is 18.7. The molecule has 26 heavy (non-hydrogen) atoms. The fourth-order valence-corrected chi connectivity index (χ4v) is 3.45. The summed E-state index contributed by atoms with van der Waals surface area (Å²) in [6.07, 6.45) is 2.32. The van der Waals surface area contributed by atoms with E-state index in [1.807, 2.05) is 18.2 Å². The standard InChI is InChI=1S/C20H20N4O2/c25-20(21-10-15-6-3-5-13-4-1-2-7-17(13)15)24-11-16(12-24)19-22-18(23-26-19)14-8-9-14/h1-7,14,16H,8-12H2,(H,21,25). The first kappa shape index (κ1) is 15.4. The summed E-state index contributed by atoms with van der Waals surface area (Å²) in [5.41, 5.74) is 1.12. The van der Waals surface area contributed by atoms with Crippen LogP contribution in [0.5, 0.6) is 0 Å². The number of benzene rings is 2. The van der Waals surface area contributed by atoms with E-state index >= 15 is 0 Å². The van der Waals surface area contributed by atoms with Crippen molar-refractivity contribution in [3.63, 3.8) is 0 Å². The summed E-state index contributed by atoms with van der Waals surface area (Å²) < 4.78 is 5.36. The highest BCUT2D eigenvalue weighted by Gasteiger charge is 2.37. The van der Waals surface area contributed by atoms with Gasteiger partial charge in [0.15, 0.2) is 5.82 Å². The molecule has 0 atom stereocenters. The lowest BCUT2D eigenvalue weighted by atomic mass is 10.0. The van der Waals surface area contributed by atoms with Crippen molar-refractivity contribution < 1.29 is 9.32 Å². The van der Waals surface area contributed by atoms with Crippen molar-refractivity contribution in [2.75, 3.05) is 13.1 Å². The Hall–Kier alpha value is -2.89. The van der Waals surface area contributed by atoms with Gasteiger partial charge < -0.3 is 14.7 Å². The van der Waals surface area contributed by atoms with Gasteiger partial charge in [0.1, 0.15) is 0 Å². The largest absolute Gasteiger partial charge is 0.339 e. The molecular formula is C20H20N4O2. The van der Waals surface area contributed by atoms with Crippen molar-refractivity contribution in [1.29, 1.82) is 0 Å². The van der Waals surface area contributed by atoms with Gasteiger partial charge in [-0.15, -0.1) is 0 Å². The van der Waals surface area contributed by atoms with Gasteiger partial charge in [0, 0.05) is 25.6 Å². The number of carbonyl (C=O) groups excluding carboxylic acids is 1. The van der Waals surface area contributed by atoms with E-state index in [9.17, 15) is 4.79 Å². The molecule has 132 valence electrons. The number of hydrogen-bond donors (Lipinski definition) is 1. The van der Waals surface area contributed by atoms with Crippen LogP contribution in [0.15, 0.2) is 47.0 Å². The topological polar surface area (TPSA) is 71.3 Å². The lowest BCUT2D eigenvalue weighted by Gasteiger charge is -2.36. The molecule has 0 bridgehead atoms. The Labute approximate surface area is 151 Å². The second-order valence-corrected chi connectivity index (χ2v) is 7.16. The summed E-state index contributed by atoms with van der Waals surface area (Å²) in [6, 6.07) is 14.3. The molecule has 2 heterocycles. The van der Waals surface area contributed by atoms with Gasteiger partial charge in [0.05, 0.1) is 5.92 Å². The first-order chi connectivity index (χ1) is 12.8. The highest BCUT2D eigenvalue weighted by Crippen LogP contribution is 2.39. The number of amides is 2. The zero-order valence-corrected chi connectivity index (χ0v) is 14.4. The number of rotatable bonds is 4. The van der Waals surface area contributed by atoms with Crippen LogP contribution in [-0.2, 0) is 6.54 Å². The minimum absolute atomic E-state index is 0.0453. The van der Waals surface area contributed by atoms with Crippen molar-refractivity contribution >= 4 is 16.8 Å². The molecule has 0 spiro atoms. The maximum absolute atomic E-state index is 12.4. The maximum Gasteiger partial charge on any atom is 0.317 e. The van der Waals surface area contributed by atoms with Gasteiger partial charge in [0.25, 0.3) is 0 Å². The molecule has 6 heteroatoms. The van der Waals surface area contributed by atoms with Crippen molar-refractivity contribution in [3.8, 4) is 0 Å². The Bertz CT molecular complexity index is 952. The SMILES string of the molecule is O=C(NCc1cccc2ccccc12)N1CC(c2nc(C3CC3)no2)C1. The lowest BCUT2D eigenvalue weighted by Crippen LogP contribution is -2.52. The molecule has 1 aliphatic carbocycles. The third-order valence-corrected chi connectivity index (χ3v) is 5.23. The number of urea groups is 1. The molecule has 3 aromatic rings. The molecule has 0 unspecified atom stereocenters. The van der Waals surface area contributed by atoms with E-state index in [-0.39, 0.29) is 11.9 Å². The fraction of sp³-hybridized carbons (Fsp3) is 0.350. The number of nitrogens with one attached hydrogen (secondary N) is 1. The van der Waals surface area contributed by atoms with E-state index in [2.05, 4.69) is 39.7 Å². The van der Waals surface area contributed by atoms with Crippen molar-refractivity contribution in [3.05, 3.63) is 59.7 Å². The number of carbonyl (C=O) groups is 1. The molecule has 1 N–H and O–H groups in total. The summed E-state index contributed by atoms with van der Waals surface area (Å²) in [7, 11) is 0. The number of likely N-dealkylation sites (tertiary alicyclic amines) is 1. The Balaban J connectivity index is 1.18. The number of nitrogens with zero attached hydrogens (tertiary/aromatic N) is 3. The Morgan fingerprint density at radius 3 is 2.77 bits per heavy atom. The fourth-order valence-electron chi connectivity index (χ4n) is 3.45. The molecular weight excluding hydrogens is 328 g/mol. The van der Waals surface area contributed by atoms with Crippen molar-refractivity contribution in [2.24, 2.45) is 0 Å². The summed E-state index contributed by atoms with van der Waals surface area (Å²) >= 11 is 0. The summed E-state index contributed by atoms with van der Waals surface area (Å²) in [5.74, 6) is 2.16. The van der Waals surface area contributed by atoms with Gasteiger partial charge in [-0.2, -0.15) is 4.98 Å². The van der Waals surface area contributed by atoms with Crippen LogP contribution in [0.2, 0.25) is 0 Å². The van der Waals surface area contributed by atoms with E-state index < -0.39 is 0 Å². The van der Waals surface area contributed by atoms with Gasteiger partial charge >= 0.3 is 6.03 Å². The third kappa shape index (κ3) is 2.81. The van der Waals surface area contributed by atoms with Crippen molar-refractivity contribution in [1.82, 2.24) is 20.4 Å². The highest BCUT2D eigenvalue weighted by molar-refractivity contribution is 5.86. The Morgan fingerprint density at radius 2 is 1.92 bits per heavy atom. The summed E-state index contributed by atoms with van der Waals surface area (Å²) in [5, 5.41) is 9.43. The molecule has 2 fully saturated rings. The first-order valence-corrected chi connectivity index (χ1v) is 9.11. The molecule has 1 saturated heterocycles. The average Bonchev–Trinajstić information content (AvgIpc) is 3.37. The molecule has 5 rings (SSSR count). The molecule has 0 radical (unpaired) electrons. The summed E-state index contributed by atoms with van der Waals surface area (Å²) in [6.45, 7) is 1.79. The van der Waals surface area contributed by atoms with E-state index in [4.69, 9.17) is 4.52 Å². The third-order valence-electron chi connectivity index (χ3n) is 5.23. The molecule has 1 aromatic heterocycles. The van der Waals surface area contributed by atoms with Gasteiger partial charge in [0.2, 0.25) is 5.89 Å². The van der Waals surface area contributed by atoms with Gasteiger partial charge in [-0.3, -0.25) is 0 Å². The zero-order valence-electron chi connectivity index (χ0n) is 14.4. The van der Waals surface area contributed by atoms with Crippen LogP contribution in [0.25, 0.3) is 10.8 Å². The van der Waals surface area contributed by atoms with Gasteiger partial charge in [-0.25, -0.2) is 4.79 Å². The van der Waals surface area contributed by atoms with Crippen LogP contribution in [-0.4, -0.2) is 34.2 Å². The number of hydrogen-bond acceptors (Lipinski definition) is 4. The highest BCUT2D eigenvalue weighted by atomic mass is 16.5. The molecule has 6 nitrogen and oxygen atoms in total. The quantitative estimate of drug-likeness (QED) is 0.784. The van der Waals surface area contributed by atoms with Crippen molar-refractivity contribution in [2.45, 2.75) is 31.2 Å². The predicted octanol–water partition coefficient (Wildman–Crippen LogP) is 3.41. The lowest BCUT2D eigenvalue weighted by molar-refractivity contribution is 0.136. The predicted molar refractivity (Wildman–Crippen MR) is 96.8 cm³/mol. The Kier molecular flexibility index (Phi) is 3.62. The van der Waals surface area contributed by atoms with E-state index in [1.54, 1.807) is 4.90 Å². The minimum Gasteiger partial charge on any atom is -0.339 e. The molecule has 1 saturated carbocycles. The van der Waals surface area contributed by atoms with Gasteiger partial charge in [-0.1, -0.05) is 47.6 Å². The zero-order chi connectivity index (χ0) is 17.5. The van der Waals surface area contributed by atoms with Crippen LogP contribution in [0.3, 0.4) is 0 Å². The molecule has 2 aliphatic rings. The second kappa shape index (κ2) is 6.12. The van der Waals surface area contributed by atoms with Gasteiger partial charge in [-0.05, 0) is 29.2 Å². The molecule has 2 aromatic carbocycles. The van der Waals surface area contributed by atoms with Crippen LogP contribution >= 0.6 is 0 Å². The van der Waals surface area contributed by atoms with E-state index in [0.717, 1.165) is 24.2 Å². The minimum atomic E-state index is -0.0453. The van der Waals surface area contributed by atoms with E-state index in [1.165, 1.54) is 10.8 Å². The van der Waals surface area contributed by atoms with Crippen LogP contribution in [0, 0.1) is 0 Å².